The molecule has 1 unspecified atom stereocenters. The number of amides is 2. The molecule has 0 aliphatic carbocycles. The standard InChI is InChI=1S/C11H11N2O3/c1-7(14)9-10(15)12(2)8-5-3-4-6-13(8)11(9)16/h3-6,9H,1-2H3/q+1. The van der Waals surface area contributed by atoms with Gasteiger partial charge in [0.2, 0.25) is 5.92 Å². The largest absolute Gasteiger partial charge is 0.336 e. The van der Waals surface area contributed by atoms with Crippen molar-refractivity contribution >= 4 is 23.4 Å². The first-order chi connectivity index (χ1) is 7.54. The molecule has 0 aromatic carbocycles. The highest BCUT2D eigenvalue weighted by atomic mass is 16.2. The Labute approximate surface area is 92.3 Å². The lowest BCUT2D eigenvalue weighted by atomic mass is 9.99. The lowest BCUT2D eigenvalue weighted by molar-refractivity contribution is -0.427. The van der Waals surface area contributed by atoms with Gasteiger partial charge in [-0.3, -0.25) is 4.79 Å². The van der Waals surface area contributed by atoms with Crippen molar-refractivity contribution in [1.29, 1.82) is 0 Å². The molecule has 1 atom stereocenters. The molecule has 2 rings (SSSR count). The molecule has 5 nitrogen and oxygen atoms in total. The molecule has 0 spiro atoms. The van der Waals surface area contributed by atoms with Crippen LogP contribution in [-0.2, 0) is 14.4 Å². The van der Waals surface area contributed by atoms with Crippen molar-refractivity contribution in [1.82, 2.24) is 4.90 Å². The Morgan fingerprint density at radius 3 is 2.69 bits per heavy atom. The van der Waals surface area contributed by atoms with Crippen LogP contribution in [0.4, 0.5) is 0 Å². The fourth-order valence-corrected chi connectivity index (χ4v) is 1.79. The molecule has 16 heavy (non-hydrogen) atoms. The molecule has 5 heteroatoms. The first kappa shape index (κ1) is 10.5. The van der Waals surface area contributed by atoms with E-state index in [0.717, 1.165) is 0 Å². The average Bonchev–Trinajstić information content (AvgIpc) is 2.26. The summed E-state index contributed by atoms with van der Waals surface area (Å²) in [6.45, 7) is 1.25. The van der Waals surface area contributed by atoms with Crippen molar-refractivity contribution in [2.45, 2.75) is 6.92 Å². The van der Waals surface area contributed by atoms with E-state index in [-0.39, 0.29) is 0 Å². The third-order valence-electron chi connectivity index (χ3n) is 2.65. The zero-order chi connectivity index (χ0) is 11.9. The number of hydrogen-bond donors (Lipinski definition) is 0. The van der Waals surface area contributed by atoms with Crippen LogP contribution >= 0.6 is 0 Å². The summed E-state index contributed by atoms with van der Waals surface area (Å²) in [7, 11) is 1.55. The van der Waals surface area contributed by atoms with E-state index >= 15 is 0 Å². The van der Waals surface area contributed by atoms with Crippen molar-refractivity contribution in [3.8, 4) is 0 Å². The van der Waals surface area contributed by atoms with Gasteiger partial charge in [0, 0.05) is 6.08 Å². The van der Waals surface area contributed by atoms with Gasteiger partial charge in [0.25, 0.3) is 5.84 Å². The number of rotatable bonds is 1. The maximum atomic E-state index is 11.9. The van der Waals surface area contributed by atoms with E-state index in [0.29, 0.717) is 5.84 Å². The minimum Gasteiger partial charge on any atom is -0.298 e. The molecular weight excluding hydrogens is 208 g/mol. The highest BCUT2D eigenvalue weighted by molar-refractivity contribution is 6.23. The molecular formula is C11H11N2O3+. The van der Waals surface area contributed by atoms with Crippen LogP contribution in [0.3, 0.4) is 0 Å². The number of Topliss-reactive ketones (excluding diaryl/α,β-unsaturated/α-hetero) is 1. The van der Waals surface area contributed by atoms with Gasteiger partial charge in [0.15, 0.2) is 5.78 Å². The van der Waals surface area contributed by atoms with Gasteiger partial charge >= 0.3 is 11.8 Å². The third-order valence-corrected chi connectivity index (χ3v) is 2.65. The number of fused-ring (bicyclic) bond motifs is 1. The van der Waals surface area contributed by atoms with Crippen molar-refractivity contribution < 1.29 is 19.0 Å². The van der Waals surface area contributed by atoms with Crippen LogP contribution in [0, 0.1) is 5.92 Å². The van der Waals surface area contributed by atoms with Crippen LogP contribution in [0.25, 0.3) is 0 Å². The summed E-state index contributed by atoms with van der Waals surface area (Å²) in [6.07, 6.45) is 6.63. The van der Waals surface area contributed by atoms with Crippen LogP contribution in [0.2, 0.25) is 0 Å². The number of hydrogen-bond acceptors (Lipinski definition) is 3. The quantitative estimate of drug-likeness (QED) is 0.449. The Bertz CT molecular complexity index is 485. The first-order valence-electron chi connectivity index (χ1n) is 4.87. The minimum absolute atomic E-state index is 0.427. The second kappa shape index (κ2) is 3.52. The molecule has 2 aliphatic rings. The Kier molecular flexibility index (Phi) is 2.30. The van der Waals surface area contributed by atoms with Crippen LogP contribution in [0.15, 0.2) is 24.4 Å². The van der Waals surface area contributed by atoms with E-state index in [4.69, 9.17) is 0 Å². The van der Waals surface area contributed by atoms with Crippen LogP contribution in [-0.4, -0.2) is 40.0 Å². The number of amidine groups is 1. The van der Waals surface area contributed by atoms with Crippen LogP contribution < -0.4 is 0 Å². The van der Waals surface area contributed by atoms with Gasteiger partial charge in [-0.15, -0.1) is 0 Å². The normalized spacial score (nSPS) is 23.9. The molecule has 0 aromatic rings. The molecule has 2 heterocycles. The number of carbonyl (C=O) groups is 3. The number of carbonyl (C=O) groups excluding carboxylic acids is 3. The second-order valence-electron chi connectivity index (χ2n) is 3.71. The number of nitrogens with zero attached hydrogens (tertiary/aromatic N) is 2. The average molecular weight is 219 g/mol. The maximum Gasteiger partial charge on any atom is 0.336 e. The molecule has 0 saturated carbocycles. The van der Waals surface area contributed by atoms with E-state index in [1.54, 1.807) is 31.5 Å². The SMILES string of the molecule is CC(=O)C1C(=O)N2C=CC=CC2=[N+](C)C1=O. The molecule has 0 radical (unpaired) electrons. The van der Waals surface area contributed by atoms with Crippen molar-refractivity contribution in [3.05, 3.63) is 24.4 Å². The summed E-state index contributed by atoms with van der Waals surface area (Å²) in [5.41, 5.74) is 0. The van der Waals surface area contributed by atoms with E-state index in [1.165, 1.54) is 16.4 Å². The van der Waals surface area contributed by atoms with E-state index in [9.17, 15) is 14.4 Å². The summed E-state index contributed by atoms with van der Waals surface area (Å²) >= 11 is 0. The summed E-state index contributed by atoms with van der Waals surface area (Å²) in [5.74, 6) is -2.10. The fourth-order valence-electron chi connectivity index (χ4n) is 1.79. The Morgan fingerprint density at radius 1 is 1.38 bits per heavy atom. The zero-order valence-electron chi connectivity index (χ0n) is 9.01. The van der Waals surface area contributed by atoms with Gasteiger partial charge in [-0.05, 0) is 13.0 Å². The highest BCUT2D eigenvalue weighted by Gasteiger charge is 2.48. The van der Waals surface area contributed by atoms with Crippen LogP contribution in [0.1, 0.15) is 6.92 Å². The van der Waals surface area contributed by atoms with Crippen molar-refractivity contribution in [2.24, 2.45) is 5.92 Å². The van der Waals surface area contributed by atoms with Gasteiger partial charge in [-0.1, -0.05) is 6.08 Å². The van der Waals surface area contributed by atoms with Gasteiger partial charge in [-0.25, -0.2) is 9.59 Å². The van der Waals surface area contributed by atoms with Gasteiger partial charge < -0.3 is 0 Å². The topological polar surface area (TPSA) is 57.5 Å². The molecule has 2 amide bonds. The van der Waals surface area contributed by atoms with Gasteiger partial charge in [0.1, 0.15) is 0 Å². The molecule has 0 saturated heterocycles. The van der Waals surface area contributed by atoms with Gasteiger partial charge in [0.05, 0.1) is 13.2 Å². The summed E-state index contributed by atoms with van der Waals surface area (Å²) in [4.78, 5) is 36.3. The molecule has 0 aromatic heterocycles. The number of ketones is 1. The summed E-state index contributed by atoms with van der Waals surface area (Å²) < 4.78 is 1.33. The predicted octanol–water partition coefficient (Wildman–Crippen LogP) is -0.315. The molecule has 0 fully saturated rings. The van der Waals surface area contributed by atoms with Crippen molar-refractivity contribution in [3.63, 3.8) is 0 Å². The van der Waals surface area contributed by atoms with Gasteiger partial charge in [-0.2, -0.15) is 9.48 Å². The number of allylic oxidation sites excluding steroid dienone is 2. The third kappa shape index (κ3) is 1.32. The Balaban J connectivity index is 2.56. The second-order valence-corrected chi connectivity index (χ2v) is 3.71. The summed E-state index contributed by atoms with van der Waals surface area (Å²) in [5, 5.41) is 0. The molecule has 82 valence electrons. The van der Waals surface area contributed by atoms with E-state index in [2.05, 4.69) is 0 Å². The zero-order valence-corrected chi connectivity index (χ0v) is 9.01. The van der Waals surface area contributed by atoms with Crippen molar-refractivity contribution in [2.75, 3.05) is 7.05 Å². The monoisotopic (exact) mass is 219 g/mol. The molecule has 2 aliphatic heterocycles. The smallest absolute Gasteiger partial charge is 0.298 e. The lowest BCUT2D eigenvalue weighted by Gasteiger charge is -2.23. The first-order valence-corrected chi connectivity index (χ1v) is 4.87. The highest BCUT2D eigenvalue weighted by Crippen LogP contribution is 2.16. The van der Waals surface area contributed by atoms with E-state index < -0.39 is 23.5 Å². The Hall–Kier alpha value is -2.04. The predicted molar refractivity (Wildman–Crippen MR) is 55.5 cm³/mol. The van der Waals surface area contributed by atoms with Crippen LogP contribution in [0.5, 0.6) is 0 Å². The lowest BCUT2D eigenvalue weighted by Crippen LogP contribution is -2.54. The van der Waals surface area contributed by atoms with E-state index in [1.807, 2.05) is 0 Å². The molecule has 0 N–H and O–H groups in total. The molecule has 0 bridgehead atoms. The fraction of sp³-hybridized carbons (Fsp3) is 0.273. The summed E-state index contributed by atoms with van der Waals surface area (Å²) in [6, 6.07) is 0. The Morgan fingerprint density at radius 2 is 2.06 bits per heavy atom. The minimum atomic E-state index is -1.20. The maximum absolute atomic E-state index is 11.9.